The van der Waals surface area contributed by atoms with E-state index in [1.807, 2.05) is 13.2 Å². The Morgan fingerprint density at radius 1 is 1.42 bits per heavy atom. The smallest absolute Gasteiger partial charge is 0.321 e. The summed E-state index contributed by atoms with van der Waals surface area (Å²) in [5, 5.41) is 0.733. The third-order valence-corrected chi connectivity index (χ3v) is 1.74. The van der Waals surface area contributed by atoms with Crippen molar-refractivity contribution in [1.82, 2.24) is 15.0 Å². The molecule has 0 atom stereocenters. The fraction of sp³-hybridized carbons (Fsp3) is 0.500. The lowest BCUT2D eigenvalue weighted by molar-refractivity contribution is 0.307. The van der Waals surface area contributed by atoms with Crippen LogP contribution in [0.1, 0.15) is 6.92 Å². The standard InChI is InChI=1S/C6H8ClN3OS/c1-3-11-5-8-4(7)9-6(10-5)12-2/h3H2,1-2H3. The molecule has 0 aliphatic heterocycles. The highest BCUT2D eigenvalue weighted by Gasteiger charge is 2.03. The molecule has 0 saturated carbocycles. The predicted octanol–water partition coefficient (Wildman–Crippen LogP) is 1.65. The van der Waals surface area contributed by atoms with E-state index in [0.717, 1.165) is 0 Å². The summed E-state index contributed by atoms with van der Waals surface area (Å²) in [5.74, 6) is 0. The van der Waals surface area contributed by atoms with Crippen molar-refractivity contribution in [2.75, 3.05) is 12.9 Å². The maximum Gasteiger partial charge on any atom is 0.321 e. The second-order valence-electron chi connectivity index (χ2n) is 1.81. The number of ether oxygens (including phenoxy) is 1. The number of aromatic nitrogens is 3. The minimum atomic E-state index is 0.165. The molecule has 6 heteroatoms. The highest BCUT2D eigenvalue weighted by Crippen LogP contribution is 2.14. The molecule has 0 N–H and O–H groups in total. The quantitative estimate of drug-likeness (QED) is 0.703. The molecule has 0 unspecified atom stereocenters. The van der Waals surface area contributed by atoms with Gasteiger partial charge in [0.2, 0.25) is 5.28 Å². The Labute approximate surface area is 79.7 Å². The first kappa shape index (κ1) is 9.54. The van der Waals surface area contributed by atoms with E-state index in [2.05, 4.69) is 15.0 Å². The molecule has 0 saturated heterocycles. The number of hydrogen-bond acceptors (Lipinski definition) is 5. The van der Waals surface area contributed by atoms with Crippen molar-refractivity contribution in [1.29, 1.82) is 0 Å². The number of nitrogens with zero attached hydrogens (tertiary/aromatic N) is 3. The lowest BCUT2D eigenvalue weighted by Gasteiger charge is -2.01. The van der Waals surface area contributed by atoms with Gasteiger partial charge >= 0.3 is 6.01 Å². The molecule has 1 aromatic rings. The molecule has 66 valence electrons. The van der Waals surface area contributed by atoms with E-state index >= 15 is 0 Å². The summed E-state index contributed by atoms with van der Waals surface area (Å²) < 4.78 is 5.07. The molecule has 0 aliphatic carbocycles. The molecule has 0 bridgehead atoms. The first-order valence-electron chi connectivity index (χ1n) is 3.34. The Morgan fingerprint density at radius 2 is 2.17 bits per heavy atom. The van der Waals surface area contributed by atoms with Crippen LogP contribution in [0.3, 0.4) is 0 Å². The fourth-order valence-corrected chi connectivity index (χ4v) is 1.15. The van der Waals surface area contributed by atoms with E-state index in [0.29, 0.717) is 11.8 Å². The molecule has 0 aliphatic rings. The van der Waals surface area contributed by atoms with Crippen LogP contribution in [0.2, 0.25) is 5.28 Å². The molecular formula is C6H8ClN3OS. The molecule has 1 heterocycles. The number of halogens is 1. The summed E-state index contributed by atoms with van der Waals surface area (Å²) in [6, 6.07) is 0.279. The Kier molecular flexibility index (Phi) is 3.55. The van der Waals surface area contributed by atoms with E-state index in [-0.39, 0.29) is 11.3 Å². The zero-order valence-electron chi connectivity index (χ0n) is 6.74. The monoisotopic (exact) mass is 205 g/mol. The maximum atomic E-state index is 5.61. The summed E-state index contributed by atoms with van der Waals surface area (Å²) in [6.45, 7) is 2.38. The SMILES string of the molecule is CCOc1nc(Cl)nc(SC)n1. The zero-order chi connectivity index (χ0) is 8.97. The highest BCUT2D eigenvalue weighted by atomic mass is 35.5. The van der Waals surface area contributed by atoms with Crippen molar-refractivity contribution in [2.24, 2.45) is 0 Å². The summed E-state index contributed by atoms with van der Waals surface area (Å²) >= 11 is 7.01. The Morgan fingerprint density at radius 3 is 2.75 bits per heavy atom. The molecule has 0 aromatic carbocycles. The van der Waals surface area contributed by atoms with Crippen molar-refractivity contribution in [2.45, 2.75) is 12.1 Å². The summed E-state index contributed by atoms with van der Waals surface area (Å²) in [5.41, 5.74) is 0. The number of rotatable bonds is 3. The van der Waals surface area contributed by atoms with E-state index in [1.165, 1.54) is 11.8 Å². The first-order chi connectivity index (χ1) is 5.76. The average Bonchev–Trinajstić information content (AvgIpc) is 2.04. The van der Waals surface area contributed by atoms with Gasteiger partial charge in [0.05, 0.1) is 6.61 Å². The third kappa shape index (κ3) is 2.49. The first-order valence-corrected chi connectivity index (χ1v) is 4.95. The topological polar surface area (TPSA) is 47.9 Å². The van der Waals surface area contributed by atoms with Crippen molar-refractivity contribution in [3.63, 3.8) is 0 Å². The average molecular weight is 206 g/mol. The molecule has 0 fully saturated rings. The second-order valence-corrected chi connectivity index (χ2v) is 2.92. The van der Waals surface area contributed by atoms with E-state index in [4.69, 9.17) is 16.3 Å². The normalized spacial score (nSPS) is 9.92. The van der Waals surface area contributed by atoms with Crippen molar-refractivity contribution >= 4 is 23.4 Å². The Balaban J connectivity index is 2.90. The largest absolute Gasteiger partial charge is 0.464 e. The van der Waals surface area contributed by atoms with Crippen LogP contribution in [0.5, 0.6) is 6.01 Å². The molecule has 12 heavy (non-hydrogen) atoms. The molecule has 0 spiro atoms. The van der Waals surface area contributed by atoms with Gasteiger partial charge in [-0.1, -0.05) is 11.8 Å². The van der Waals surface area contributed by atoms with Gasteiger partial charge in [-0.3, -0.25) is 0 Å². The Bertz CT molecular complexity index is 271. The predicted molar refractivity (Wildman–Crippen MR) is 47.8 cm³/mol. The second kappa shape index (κ2) is 4.47. The minimum absolute atomic E-state index is 0.165. The van der Waals surface area contributed by atoms with Gasteiger partial charge in [0, 0.05) is 0 Å². The highest BCUT2D eigenvalue weighted by molar-refractivity contribution is 7.98. The molecule has 0 radical (unpaired) electrons. The van der Waals surface area contributed by atoms with Gasteiger partial charge in [-0.2, -0.15) is 15.0 Å². The summed E-state index contributed by atoms with van der Waals surface area (Å²) in [7, 11) is 0. The van der Waals surface area contributed by atoms with Gasteiger partial charge in [-0.25, -0.2) is 0 Å². The van der Waals surface area contributed by atoms with Crippen LogP contribution in [0.15, 0.2) is 5.16 Å². The Hall–Kier alpha value is -0.550. The van der Waals surface area contributed by atoms with Crippen LogP contribution in [-0.4, -0.2) is 27.8 Å². The minimum Gasteiger partial charge on any atom is -0.464 e. The molecule has 1 rings (SSSR count). The van der Waals surface area contributed by atoms with Crippen LogP contribution in [-0.2, 0) is 0 Å². The van der Waals surface area contributed by atoms with E-state index < -0.39 is 0 Å². The van der Waals surface area contributed by atoms with Gasteiger partial charge in [-0.15, -0.1) is 0 Å². The summed E-state index contributed by atoms with van der Waals surface area (Å²) in [6.07, 6.45) is 1.86. The third-order valence-electron chi connectivity index (χ3n) is 1.02. The van der Waals surface area contributed by atoms with E-state index in [9.17, 15) is 0 Å². The van der Waals surface area contributed by atoms with Crippen LogP contribution in [0.25, 0.3) is 0 Å². The lowest BCUT2D eigenvalue weighted by atomic mass is 10.9. The lowest BCUT2D eigenvalue weighted by Crippen LogP contribution is -2.00. The van der Waals surface area contributed by atoms with Crippen LogP contribution >= 0.6 is 23.4 Å². The maximum absolute atomic E-state index is 5.61. The number of thioether (sulfide) groups is 1. The van der Waals surface area contributed by atoms with Crippen molar-refractivity contribution in [3.8, 4) is 6.01 Å². The summed E-state index contributed by atoms with van der Waals surface area (Å²) in [4.78, 5) is 11.6. The van der Waals surface area contributed by atoms with Gasteiger partial charge in [-0.05, 0) is 24.8 Å². The van der Waals surface area contributed by atoms with Gasteiger partial charge < -0.3 is 4.74 Å². The van der Waals surface area contributed by atoms with Crippen LogP contribution in [0, 0.1) is 0 Å². The zero-order valence-corrected chi connectivity index (χ0v) is 8.32. The molecule has 0 amide bonds. The number of hydrogen-bond donors (Lipinski definition) is 0. The molecule has 4 nitrogen and oxygen atoms in total. The van der Waals surface area contributed by atoms with Crippen LogP contribution < -0.4 is 4.74 Å². The fourth-order valence-electron chi connectivity index (χ4n) is 0.600. The van der Waals surface area contributed by atoms with Crippen molar-refractivity contribution in [3.05, 3.63) is 5.28 Å². The van der Waals surface area contributed by atoms with Crippen LogP contribution in [0.4, 0.5) is 0 Å². The van der Waals surface area contributed by atoms with Crippen molar-refractivity contribution < 1.29 is 4.74 Å². The molecular weight excluding hydrogens is 198 g/mol. The van der Waals surface area contributed by atoms with E-state index in [1.54, 1.807) is 0 Å². The molecule has 1 aromatic heterocycles. The van der Waals surface area contributed by atoms with Gasteiger partial charge in [0.25, 0.3) is 0 Å². The van der Waals surface area contributed by atoms with Gasteiger partial charge in [0.15, 0.2) is 5.16 Å². The van der Waals surface area contributed by atoms with Gasteiger partial charge in [0.1, 0.15) is 0 Å².